The average molecular weight is 365 g/mol. The van der Waals surface area contributed by atoms with E-state index in [0.29, 0.717) is 5.41 Å². The van der Waals surface area contributed by atoms with Crippen molar-refractivity contribution in [2.24, 2.45) is 11.1 Å². The summed E-state index contributed by atoms with van der Waals surface area (Å²) in [6.45, 7) is 4.23. The van der Waals surface area contributed by atoms with Crippen molar-refractivity contribution in [2.45, 2.75) is 44.6 Å². The molecule has 2 fully saturated rings. The second kappa shape index (κ2) is 4.89. The quantitative estimate of drug-likeness (QED) is 0.840. The van der Waals surface area contributed by atoms with Crippen LogP contribution in [0.1, 0.15) is 39.0 Å². The Morgan fingerprint density at radius 3 is 2.68 bits per heavy atom. The normalized spacial score (nSPS) is 27.9. The van der Waals surface area contributed by atoms with Gasteiger partial charge in [-0.15, -0.1) is 10.2 Å². The summed E-state index contributed by atoms with van der Waals surface area (Å²) in [4.78, 5) is 6.92. The molecular weight excluding hydrogens is 344 g/mol. The molecule has 3 heterocycles. The maximum Gasteiger partial charge on any atom is 0.212 e. The highest BCUT2D eigenvalue weighted by Gasteiger charge is 2.50. The van der Waals surface area contributed by atoms with E-state index in [4.69, 9.17) is 5.73 Å². The molecule has 0 bridgehead atoms. The van der Waals surface area contributed by atoms with Crippen molar-refractivity contribution in [3.8, 4) is 0 Å². The van der Waals surface area contributed by atoms with E-state index in [-0.39, 0.29) is 5.54 Å². The molecule has 2 aliphatic rings. The number of hydrogen-bond donors (Lipinski definition) is 1. The van der Waals surface area contributed by atoms with Gasteiger partial charge in [-0.2, -0.15) is 0 Å². The first-order valence-corrected chi connectivity index (χ1v) is 8.70. The van der Waals surface area contributed by atoms with Gasteiger partial charge in [-0.05, 0) is 54.0 Å². The maximum absolute atomic E-state index is 6.60. The molecule has 118 valence electrons. The van der Waals surface area contributed by atoms with Crippen molar-refractivity contribution < 1.29 is 0 Å². The van der Waals surface area contributed by atoms with E-state index in [1.807, 2.05) is 10.6 Å². The second-order valence-electron chi connectivity index (χ2n) is 6.97. The molecule has 2 aromatic heterocycles. The van der Waals surface area contributed by atoms with Crippen LogP contribution in [0, 0.1) is 5.41 Å². The number of aromatic nitrogens is 4. The topological polar surface area (TPSA) is 72.3 Å². The molecule has 1 aliphatic carbocycles. The summed E-state index contributed by atoms with van der Waals surface area (Å²) < 4.78 is 2.82. The van der Waals surface area contributed by atoms with Gasteiger partial charge < -0.3 is 10.6 Å². The van der Waals surface area contributed by atoms with Crippen LogP contribution in [-0.2, 0) is 0 Å². The fourth-order valence-corrected chi connectivity index (χ4v) is 4.69. The van der Waals surface area contributed by atoms with Crippen molar-refractivity contribution in [1.82, 2.24) is 19.6 Å². The molecule has 1 saturated heterocycles. The number of anilines is 1. The minimum atomic E-state index is -0.0158. The monoisotopic (exact) mass is 364 g/mol. The highest BCUT2D eigenvalue weighted by atomic mass is 79.9. The number of fused-ring (bicyclic) bond motifs is 1. The summed E-state index contributed by atoms with van der Waals surface area (Å²) in [5.41, 5.74) is 7.71. The minimum absolute atomic E-state index is 0.0158. The predicted molar refractivity (Wildman–Crippen MR) is 88.8 cm³/mol. The van der Waals surface area contributed by atoms with Gasteiger partial charge in [0.15, 0.2) is 5.65 Å². The maximum atomic E-state index is 6.60. The van der Waals surface area contributed by atoms with Gasteiger partial charge in [-0.25, -0.2) is 9.38 Å². The zero-order valence-electron chi connectivity index (χ0n) is 12.8. The van der Waals surface area contributed by atoms with Gasteiger partial charge in [0, 0.05) is 24.8 Å². The third kappa shape index (κ3) is 1.98. The Morgan fingerprint density at radius 2 is 2.00 bits per heavy atom. The Hall–Kier alpha value is -1.21. The fraction of sp³-hybridized carbons (Fsp3) is 0.667. The van der Waals surface area contributed by atoms with Gasteiger partial charge in [0.2, 0.25) is 5.95 Å². The molecule has 7 heteroatoms. The van der Waals surface area contributed by atoms with Crippen molar-refractivity contribution in [3.05, 3.63) is 17.0 Å². The van der Waals surface area contributed by atoms with Crippen molar-refractivity contribution >= 4 is 27.5 Å². The third-order valence-corrected chi connectivity index (χ3v) is 6.40. The largest absolute Gasteiger partial charge is 0.342 e. The van der Waals surface area contributed by atoms with E-state index in [1.54, 1.807) is 6.33 Å². The Morgan fingerprint density at radius 1 is 1.23 bits per heavy atom. The van der Waals surface area contributed by atoms with Gasteiger partial charge in [-0.3, -0.25) is 0 Å². The summed E-state index contributed by atoms with van der Waals surface area (Å²) in [6.07, 6.45) is 9.51. The van der Waals surface area contributed by atoms with Gasteiger partial charge in [0.25, 0.3) is 0 Å². The van der Waals surface area contributed by atoms with E-state index in [9.17, 15) is 0 Å². The molecule has 1 spiro atoms. The molecule has 0 radical (unpaired) electrons. The van der Waals surface area contributed by atoms with Crippen LogP contribution < -0.4 is 10.6 Å². The summed E-state index contributed by atoms with van der Waals surface area (Å²) >= 11 is 3.48. The second-order valence-corrected chi connectivity index (χ2v) is 7.82. The van der Waals surface area contributed by atoms with Gasteiger partial charge in [0.05, 0.1) is 4.47 Å². The van der Waals surface area contributed by atoms with Crippen LogP contribution in [0.3, 0.4) is 0 Å². The Bertz CT molecular complexity index is 701. The van der Waals surface area contributed by atoms with Gasteiger partial charge >= 0.3 is 0 Å². The van der Waals surface area contributed by atoms with Crippen LogP contribution in [0.25, 0.3) is 5.65 Å². The number of halogens is 1. The van der Waals surface area contributed by atoms with Crippen LogP contribution in [-0.4, -0.2) is 38.2 Å². The minimum Gasteiger partial charge on any atom is -0.342 e. The lowest BCUT2D eigenvalue weighted by Gasteiger charge is -2.47. The molecular formula is C15H21BrN6. The molecule has 2 aromatic rings. The van der Waals surface area contributed by atoms with Crippen molar-refractivity contribution in [2.75, 3.05) is 18.0 Å². The zero-order chi connectivity index (χ0) is 15.4. The number of nitrogens with two attached hydrogens (primary N) is 1. The van der Waals surface area contributed by atoms with Crippen LogP contribution >= 0.6 is 15.9 Å². The number of piperidine rings is 1. The summed E-state index contributed by atoms with van der Waals surface area (Å²) in [5, 5.41) is 8.16. The summed E-state index contributed by atoms with van der Waals surface area (Å²) in [7, 11) is 0. The Labute approximate surface area is 138 Å². The average Bonchev–Trinajstić information content (AvgIpc) is 3.08. The number of hydrogen-bond acceptors (Lipinski definition) is 5. The highest BCUT2D eigenvalue weighted by molar-refractivity contribution is 9.10. The standard InChI is InChI=1S/C15H21BrN6/c1-14(17)3-2-4-15(14)5-7-21(8-6-15)13-18-9-11(16)12-20-19-10-22(12)13/h9-10H,2-8,17H2,1H3. The molecule has 2 N–H and O–H groups in total. The fourth-order valence-electron chi connectivity index (χ4n) is 4.31. The van der Waals surface area contributed by atoms with E-state index >= 15 is 0 Å². The lowest BCUT2D eigenvalue weighted by Crippen LogP contribution is -2.54. The lowest BCUT2D eigenvalue weighted by atomic mass is 9.67. The predicted octanol–water partition coefficient (Wildman–Crippen LogP) is 2.37. The van der Waals surface area contributed by atoms with Gasteiger partial charge in [-0.1, -0.05) is 6.42 Å². The zero-order valence-corrected chi connectivity index (χ0v) is 14.4. The highest BCUT2D eigenvalue weighted by Crippen LogP contribution is 2.51. The van der Waals surface area contributed by atoms with E-state index in [2.05, 4.69) is 42.9 Å². The molecule has 1 atom stereocenters. The first kappa shape index (κ1) is 14.4. The van der Waals surface area contributed by atoms with Crippen LogP contribution in [0.4, 0.5) is 5.95 Å². The van der Waals surface area contributed by atoms with Gasteiger partial charge in [0.1, 0.15) is 6.33 Å². The molecule has 6 nitrogen and oxygen atoms in total. The van der Waals surface area contributed by atoms with Crippen LogP contribution in [0.5, 0.6) is 0 Å². The number of rotatable bonds is 1. The first-order chi connectivity index (χ1) is 10.5. The van der Waals surface area contributed by atoms with Crippen molar-refractivity contribution in [3.63, 3.8) is 0 Å². The number of nitrogens with zero attached hydrogens (tertiary/aromatic N) is 5. The third-order valence-electron chi connectivity index (χ3n) is 5.84. The first-order valence-electron chi connectivity index (χ1n) is 7.91. The van der Waals surface area contributed by atoms with Crippen molar-refractivity contribution in [1.29, 1.82) is 0 Å². The Kier molecular flexibility index (Phi) is 3.20. The van der Waals surface area contributed by atoms with E-state index in [1.165, 1.54) is 12.8 Å². The summed E-state index contributed by atoms with van der Waals surface area (Å²) in [6, 6.07) is 0. The molecule has 1 saturated carbocycles. The molecule has 0 amide bonds. The molecule has 1 aliphatic heterocycles. The molecule has 0 aromatic carbocycles. The summed E-state index contributed by atoms with van der Waals surface area (Å²) in [5.74, 6) is 0.926. The smallest absolute Gasteiger partial charge is 0.212 e. The van der Waals surface area contributed by atoms with Crippen LogP contribution in [0.2, 0.25) is 0 Å². The van der Waals surface area contributed by atoms with E-state index < -0.39 is 0 Å². The molecule has 1 unspecified atom stereocenters. The van der Waals surface area contributed by atoms with E-state index in [0.717, 1.165) is 48.4 Å². The SMILES string of the molecule is CC1(N)CCCC12CCN(c1ncc(Br)c3nncn13)CC2. The molecule has 4 rings (SSSR count). The Balaban J connectivity index is 1.61. The lowest BCUT2D eigenvalue weighted by molar-refractivity contribution is 0.130. The van der Waals surface area contributed by atoms with Crippen LogP contribution in [0.15, 0.2) is 17.0 Å². The molecule has 22 heavy (non-hydrogen) atoms.